The summed E-state index contributed by atoms with van der Waals surface area (Å²) < 4.78 is 10.8. The number of methoxy groups -OCH3 is 2. The van der Waals surface area contributed by atoms with Crippen LogP contribution >= 0.6 is 11.8 Å². The first kappa shape index (κ1) is 20.2. The number of thioether (sulfide) groups is 1. The average Bonchev–Trinajstić information content (AvgIpc) is 3.03. The van der Waals surface area contributed by atoms with Crippen LogP contribution in [-0.2, 0) is 4.79 Å². The molecule has 0 spiro atoms. The second-order valence-electron chi connectivity index (χ2n) is 6.01. The van der Waals surface area contributed by atoms with E-state index in [1.54, 1.807) is 42.8 Å². The van der Waals surface area contributed by atoms with Gasteiger partial charge in [-0.2, -0.15) is 0 Å². The molecule has 1 unspecified atom stereocenters. The van der Waals surface area contributed by atoms with E-state index in [9.17, 15) is 9.59 Å². The number of hydrogen-bond acceptors (Lipinski definition) is 5. The maximum absolute atomic E-state index is 12.4. The molecule has 1 saturated heterocycles. The van der Waals surface area contributed by atoms with Crippen LogP contribution in [0.5, 0.6) is 11.5 Å². The van der Waals surface area contributed by atoms with Gasteiger partial charge < -0.3 is 24.6 Å². The number of nitrogens with one attached hydrogen (secondary N) is 1. The number of nitrogens with zero attached hydrogens (tertiary/aromatic N) is 2. The van der Waals surface area contributed by atoms with Crippen LogP contribution in [0.15, 0.2) is 18.2 Å². The molecule has 1 aromatic carbocycles. The number of urea groups is 1. The quantitative estimate of drug-likeness (QED) is 0.748. The van der Waals surface area contributed by atoms with Gasteiger partial charge in [-0.25, -0.2) is 4.79 Å². The van der Waals surface area contributed by atoms with Crippen molar-refractivity contribution in [3.05, 3.63) is 23.8 Å². The zero-order chi connectivity index (χ0) is 19.1. The summed E-state index contributed by atoms with van der Waals surface area (Å²) >= 11 is 1.56. The van der Waals surface area contributed by atoms with Gasteiger partial charge in [0.2, 0.25) is 5.91 Å². The summed E-state index contributed by atoms with van der Waals surface area (Å²) in [5, 5.41) is 2.68. The van der Waals surface area contributed by atoms with E-state index >= 15 is 0 Å². The van der Waals surface area contributed by atoms with Crippen LogP contribution < -0.4 is 14.8 Å². The summed E-state index contributed by atoms with van der Waals surface area (Å²) in [7, 11) is 4.96. The monoisotopic (exact) mass is 381 g/mol. The molecule has 3 amide bonds. The normalized spacial score (nSPS) is 16.5. The fourth-order valence-corrected chi connectivity index (χ4v) is 3.95. The van der Waals surface area contributed by atoms with Crippen LogP contribution in [0.2, 0.25) is 0 Å². The van der Waals surface area contributed by atoms with Gasteiger partial charge in [0.1, 0.15) is 16.9 Å². The average molecular weight is 381 g/mol. The molecule has 1 N–H and O–H groups in total. The summed E-state index contributed by atoms with van der Waals surface area (Å²) in [5.41, 5.74) is 0.904. The summed E-state index contributed by atoms with van der Waals surface area (Å²) in [6.45, 7) is 3.58. The number of rotatable bonds is 8. The maximum atomic E-state index is 12.4. The van der Waals surface area contributed by atoms with Gasteiger partial charge >= 0.3 is 6.03 Å². The summed E-state index contributed by atoms with van der Waals surface area (Å²) in [4.78, 5) is 27.8. The second kappa shape index (κ2) is 9.56. The van der Waals surface area contributed by atoms with E-state index in [4.69, 9.17) is 9.47 Å². The molecule has 0 aliphatic carbocycles. The van der Waals surface area contributed by atoms with Gasteiger partial charge in [-0.1, -0.05) is 6.92 Å². The molecule has 144 valence electrons. The molecule has 1 atom stereocenters. The molecule has 1 heterocycles. The Morgan fingerprint density at radius 3 is 2.81 bits per heavy atom. The third-order valence-electron chi connectivity index (χ3n) is 4.22. The lowest BCUT2D eigenvalue weighted by Crippen LogP contribution is -2.42. The van der Waals surface area contributed by atoms with Crippen LogP contribution in [-0.4, -0.2) is 68.4 Å². The molecule has 0 saturated carbocycles. The van der Waals surface area contributed by atoms with Crippen LogP contribution in [0.4, 0.5) is 4.79 Å². The third-order valence-corrected chi connectivity index (χ3v) is 5.46. The minimum Gasteiger partial charge on any atom is -0.497 e. The van der Waals surface area contributed by atoms with Crippen molar-refractivity contribution < 1.29 is 19.1 Å². The lowest BCUT2D eigenvalue weighted by molar-refractivity contribution is -0.128. The molecule has 26 heavy (non-hydrogen) atoms. The zero-order valence-electron chi connectivity index (χ0n) is 15.8. The number of hydrogen-bond donors (Lipinski definition) is 1. The Hall–Kier alpha value is -2.09. The van der Waals surface area contributed by atoms with E-state index in [1.165, 1.54) is 0 Å². The van der Waals surface area contributed by atoms with Gasteiger partial charge in [-0.05, 0) is 24.6 Å². The largest absolute Gasteiger partial charge is 0.497 e. The number of likely N-dealkylation sites (N-methyl/N-ethyl adjacent to an activating group) is 1. The van der Waals surface area contributed by atoms with Crippen LogP contribution in [0, 0.1) is 0 Å². The van der Waals surface area contributed by atoms with E-state index in [0.717, 1.165) is 23.5 Å². The molecule has 1 fully saturated rings. The number of ether oxygens (including phenoxy) is 2. The molecule has 1 aliphatic rings. The Labute approximate surface area is 159 Å². The van der Waals surface area contributed by atoms with Gasteiger partial charge in [-0.15, -0.1) is 11.8 Å². The van der Waals surface area contributed by atoms with Crippen molar-refractivity contribution in [1.29, 1.82) is 0 Å². The first-order chi connectivity index (χ1) is 12.5. The Balaban J connectivity index is 2.10. The van der Waals surface area contributed by atoms with Crippen LogP contribution in [0.1, 0.15) is 24.3 Å². The fraction of sp³-hybridized carbons (Fsp3) is 0.556. The van der Waals surface area contributed by atoms with Crippen molar-refractivity contribution >= 4 is 23.7 Å². The minimum absolute atomic E-state index is 0.0623. The Kier molecular flexibility index (Phi) is 7.44. The molecule has 7 nitrogen and oxygen atoms in total. The second-order valence-corrected chi connectivity index (χ2v) is 7.08. The molecule has 8 heteroatoms. The summed E-state index contributed by atoms with van der Waals surface area (Å²) in [6.07, 6.45) is 0.887. The highest BCUT2D eigenvalue weighted by molar-refractivity contribution is 8.00. The molecule has 1 aliphatic heterocycles. The fourth-order valence-electron chi connectivity index (χ4n) is 2.71. The summed E-state index contributed by atoms with van der Waals surface area (Å²) in [5.74, 6) is 1.91. The summed E-state index contributed by atoms with van der Waals surface area (Å²) in [6, 6.07) is 5.46. The number of carbonyl (C=O) groups excluding carboxylic acids is 2. The van der Waals surface area contributed by atoms with Gasteiger partial charge in [0, 0.05) is 32.2 Å². The molecule has 0 bridgehead atoms. The molecule has 0 aromatic heterocycles. The number of amides is 3. The van der Waals surface area contributed by atoms with Gasteiger partial charge in [0.25, 0.3) is 0 Å². The highest BCUT2D eigenvalue weighted by Crippen LogP contribution is 2.43. The number of benzene rings is 1. The van der Waals surface area contributed by atoms with Crippen LogP contribution in [0.3, 0.4) is 0 Å². The van der Waals surface area contributed by atoms with Crippen molar-refractivity contribution in [2.75, 3.05) is 46.7 Å². The first-order valence-corrected chi connectivity index (χ1v) is 9.68. The van der Waals surface area contributed by atoms with Crippen molar-refractivity contribution in [2.45, 2.75) is 18.7 Å². The first-order valence-electron chi connectivity index (χ1n) is 8.63. The predicted octanol–water partition coefficient (Wildman–Crippen LogP) is 2.33. The highest BCUT2D eigenvalue weighted by Gasteiger charge is 2.34. The molecule has 1 aromatic rings. The molecule has 2 rings (SSSR count). The van der Waals surface area contributed by atoms with E-state index in [2.05, 4.69) is 5.32 Å². The standard InChI is InChI=1S/C18H27N3O4S/c1-5-8-19-18(23)20(2)9-10-21-16(22)12-26-17(21)14-11-13(24-3)6-7-15(14)25-4/h6-7,11,17H,5,8-10,12H2,1-4H3,(H,19,23). The van der Waals surface area contributed by atoms with Crippen molar-refractivity contribution in [3.8, 4) is 11.5 Å². The van der Waals surface area contributed by atoms with Crippen molar-refractivity contribution in [3.63, 3.8) is 0 Å². The van der Waals surface area contributed by atoms with Crippen molar-refractivity contribution in [1.82, 2.24) is 15.1 Å². The van der Waals surface area contributed by atoms with E-state index in [0.29, 0.717) is 25.4 Å². The van der Waals surface area contributed by atoms with Gasteiger partial charge in [0.15, 0.2) is 0 Å². The van der Waals surface area contributed by atoms with E-state index in [1.807, 2.05) is 25.1 Å². The Bertz CT molecular complexity index is 641. The Morgan fingerprint density at radius 1 is 1.38 bits per heavy atom. The SMILES string of the molecule is CCCNC(=O)N(C)CCN1C(=O)CSC1c1cc(OC)ccc1OC. The number of carbonyl (C=O) groups is 2. The zero-order valence-corrected chi connectivity index (χ0v) is 16.6. The van der Waals surface area contributed by atoms with Crippen LogP contribution in [0.25, 0.3) is 0 Å². The highest BCUT2D eigenvalue weighted by atomic mass is 32.2. The van der Waals surface area contributed by atoms with Gasteiger partial charge in [-0.3, -0.25) is 4.79 Å². The predicted molar refractivity (Wildman–Crippen MR) is 103 cm³/mol. The van der Waals surface area contributed by atoms with Crippen molar-refractivity contribution in [2.24, 2.45) is 0 Å². The lowest BCUT2D eigenvalue weighted by Gasteiger charge is -2.28. The van der Waals surface area contributed by atoms with Gasteiger partial charge in [0.05, 0.1) is 20.0 Å². The van der Waals surface area contributed by atoms with E-state index in [-0.39, 0.29) is 17.3 Å². The smallest absolute Gasteiger partial charge is 0.317 e. The Morgan fingerprint density at radius 2 is 2.15 bits per heavy atom. The van der Waals surface area contributed by atoms with E-state index < -0.39 is 0 Å². The third kappa shape index (κ3) is 4.75. The maximum Gasteiger partial charge on any atom is 0.317 e. The minimum atomic E-state index is -0.153. The molecular formula is C18H27N3O4S. The topological polar surface area (TPSA) is 71.1 Å². The molecular weight excluding hydrogens is 354 g/mol. The lowest BCUT2D eigenvalue weighted by atomic mass is 10.1. The molecule has 0 radical (unpaired) electrons.